The Morgan fingerprint density at radius 2 is 1.57 bits per heavy atom. The van der Waals surface area contributed by atoms with Gasteiger partial charge in [-0.1, -0.05) is 83.9 Å². The summed E-state index contributed by atoms with van der Waals surface area (Å²) in [7, 11) is 1.58. The third-order valence-electron chi connectivity index (χ3n) is 6.14. The number of benzene rings is 3. The van der Waals surface area contributed by atoms with Crippen LogP contribution in [0.25, 0.3) is 0 Å². The Morgan fingerprint density at radius 1 is 0.875 bits per heavy atom. The quantitative estimate of drug-likeness (QED) is 0.191. The number of anilines is 1. The van der Waals surface area contributed by atoms with Gasteiger partial charge < -0.3 is 19.9 Å². The van der Waals surface area contributed by atoms with E-state index in [1.807, 2.05) is 53.4 Å². The molecule has 208 valence electrons. The van der Waals surface area contributed by atoms with Crippen LogP contribution in [0.4, 0.5) is 10.5 Å². The van der Waals surface area contributed by atoms with Crippen molar-refractivity contribution >= 4 is 52.2 Å². The van der Waals surface area contributed by atoms with Crippen molar-refractivity contribution in [2.45, 2.75) is 19.5 Å². The first-order valence-corrected chi connectivity index (χ1v) is 14.4. The SMILES string of the molecule is COCCN(Cc1nc(C(=O)N(CCc2ccccc2)Cc2ccccc2)cs1)C(=O)Nc1ccc(Cl)c(Cl)c1. The van der Waals surface area contributed by atoms with Gasteiger partial charge in [-0.2, -0.15) is 0 Å². The Bertz CT molecular complexity index is 1400. The van der Waals surface area contributed by atoms with Gasteiger partial charge in [0.1, 0.15) is 10.7 Å². The van der Waals surface area contributed by atoms with Gasteiger partial charge in [0.15, 0.2) is 0 Å². The second-order valence-corrected chi connectivity index (χ2v) is 10.8. The molecule has 0 aliphatic rings. The molecule has 0 bridgehead atoms. The zero-order valence-corrected chi connectivity index (χ0v) is 24.4. The number of hydrogen-bond acceptors (Lipinski definition) is 5. The van der Waals surface area contributed by atoms with Gasteiger partial charge in [0.2, 0.25) is 0 Å². The topological polar surface area (TPSA) is 74.8 Å². The first kappa shape index (κ1) is 29.6. The smallest absolute Gasteiger partial charge is 0.322 e. The van der Waals surface area contributed by atoms with E-state index in [2.05, 4.69) is 22.4 Å². The summed E-state index contributed by atoms with van der Waals surface area (Å²) in [6.07, 6.45) is 0.732. The highest BCUT2D eigenvalue weighted by Gasteiger charge is 2.22. The zero-order valence-electron chi connectivity index (χ0n) is 22.1. The summed E-state index contributed by atoms with van der Waals surface area (Å²) in [4.78, 5) is 34.7. The van der Waals surface area contributed by atoms with E-state index in [0.717, 1.165) is 17.5 Å². The summed E-state index contributed by atoms with van der Waals surface area (Å²) in [6.45, 7) is 1.93. The van der Waals surface area contributed by atoms with Gasteiger partial charge in [0.05, 0.1) is 23.2 Å². The molecule has 7 nitrogen and oxygen atoms in total. The van der Waals surface area contributed by atoms with E-state index in [1.165, 1.54) is 11.3 Å². The van der Waals surface area contributed by atoms with Crippen LogP contribution in [0.15, 0.2) is 84.2 Å². The number of methoxy groups -OCH3 is 1. The molecule has 1 N–H and O–H groups in total. The predicted molar refractivity (Wildman–Crippen MR) is 161 cm³/mol. The second-order valence-electron chi connectivity index (χ2n) is 9.05. The van der Waals surface area contributed by atoms with E-state index in [9.17, 15) is 9.59 Å². The molecule has 0 spiro atoms. The lowest BCUT2D eigenvalue weighted by atomic mass is 10.1. The molecule has 3 aromatic carbocycles. The molecule has 0 atom stereocenters. The molecule has 0 unspecified atom stereocenters. The Kier molecular flexibility index (Phi) is 10.9. The highest BCUT2D eigenvalue weighted by molar-refractivity contribution is 7.09. The number of amides is 3. The number of nitrogens with zero attached hydrogens (tertiary/aromatic N) is 3. The van der Waals surface area contributed by atoms with Gasteiger partial charge in [0, 0.05) is 37.8 Å². The number of carbonyl (C=O) groups is 2. The molecule has 1 heterocycles. The maximum absolute atomic E-state index is 13.6. The van der Waals surface area contributed by atoms with Crippen molar-refractivity contribution in [3.05, 3.63) is 116 Å². The Hall–Kier alpha value is -3.43. The number of halogens is 2. The van der Waals surface area contributed by atoms with Crippen molar-refractivity contribution in [3.8, 4) is 0 Å². The second kappa shape index (κ2) is 14.8. The molecule has 10 heteroatoms. The first-order valence-electron chi connectivity index (χ1n) is 12.7. The highest BCUT2D eigenvalue weighted by atomic mass is 35.5. The van der Waals surface area contributed by atoms with Crippen LogP contribution in [0.2, 0.25) is 10.0 Å². The van der Waals surface area contributed by atoms with Gasteiger partial charge in [-0.05, 0) is 35.7 Å². The molecule has 0 saturated carbocycles. The Morgan fingerprint density at radius 3 is 2.25 bits per heavy atom. The van der Waals surface area contributed by atoms with Crippen LogP contribution < -0.4 is 5.32 Å². The summed E-state index contributed by atoms with van der Waals surface area (Å²) < 4.78 is 5.20. The summed E-state index contributed by atoms with van der Waals surface area (Å²) in [6, 6.07) is 24.6. The molecule has 4 rings (SSSR count). The van der Waals surface area contributed by atoms with Crippen molar-refractivity contribution in [2.75, 3.05) is 32.1 Å². The maximum Gasteiger partial charge on any atom is 0.322 e. The summed E-state index contributed by atoms with van der Waals surface area (Å²) >= 11 is 13.4. The maximum atomic E-state index is 13.6. The third kappa shape index (κ3) is 8.53. The zero-order chi connectivity index (χ0) is 28.3. The van der Waals surface area contributed by atoms with E-state index in [1.54, 1.807) is 35.6 Å². The molecule has 0 aliphatic carbocycles. The molecular weight excluding hydrogens is 567 g/mol. The van der Waals surface area contributed by atoms with Crippen molar-refractivity contribution in [1.29, 1.82) is 0 Å². The van der Waals surface area contributed by atoms with Crippen LogP contribution in [-0.4, -0.2) is 53.5 Å². The third-order valence-corrected chi connectivity index (χ3v) is 7.71. The summed E-state index contributed by atoms with van der Waals surface area (Å²) in [5, 5.41) is 5.98. The standard InChI is InChI=1S/C30H30Cl2N4O3S/c1-39-17-16-36(30(38)33-24-12-13-25(31)26(32)18-24)20-28-34-27(21-40-28)29(37)35(19-23-10-6-3-7-11-23)15-14-22-8-4-2-5-9-22/h2-13,18,21H,14-17,19-20H2,1H3,(H,33,38). The van der Waals surface area contributed by atoms with Crippen LogP contribution in [0, 0.1) is 0 Å². The molecule has 1 aromatic heterocycles. The first-order chi connectivity index (χ1) is 19.4. The van der Waals surface area contributed by atoms with Crippen molar-refractivity contribution in [3.63, 3.8) is 0 Å². The van der Waals surface area contributed by atoms with Crippen LogP contribution in [-0.2, 0) is 24.2 Å². The lowest BCUT2D eigenvalue weighted by molar-refractivity contribution is 0.0739. The fraction of sp³-hybridized carbons (Fsp3) is 0.233. The average molecular weight is 598 g/mol. The van der Waals surface area contributed by atoms with Crippen LogP contribution in [0.5, 0.6) is 0 Å². The number of nitrogens with one attached hydrogen (secondary N) is 1. The summed E-state index contributed by atoms with van der Waals surface area (Å²) in [5.41, 5.74) is 3.09. The fourth-order valence-corrected chi connectivity index (χ4v) is 5.08. The van der Waals surface area contributed by atoms with E-state index in [4.69, 9.17) is 27.9 Å². The van der Waals surface area contributed by atoms with E-state index in [0.29, 0.717) is 52.7 Å². The molecule has 4 aromatic rings. The van der Waals surface area contributed by atoms with Crippen molar-refractivity contribution < 1.29 is 14.3 Å². The van der Waals surface area contributed by atoms with E-state index < -0.39 is 0 Å². The minimum Gasteiger partial charge on any atom is -0.383 e. The van der Waals surface area contributed by atoms with E-state index >= 15 is 0 Å². The lowest BCUT2D eigenvalue weighted by Crippen LogP contribution is -2.37. The Labute approximate surface area is 248 Å². The summed E-state index contributed by atoms with van der Waals surface area (Å²) in [5.74, 6) is -0.147. The normalized spacial score (nSPS) is 10.8. The largest absolute Gasteiger partial charge is 0.383 e. The van der Waals surface area contributed by atoms with Crippen LogP contribution >= 0.6 is 34.5 Å². The number of carbonyl (C=O) groups excluding carboxylic acids is 2. The molecular formula is C30H30Cl2N4O3S. The van der Waals surface area contributed by atoms with Crippen LogP contribution in [0.3, 0.4) is 0 Å². The molecule has 0 fully saturated rings. The predicted octanol–water partition coefficient (Wildman–Crippen LogP) is 7.02. The van der Waals surface area contributed by atoms with Gasteiger partial charge >= 0.3 is 6.03 Å². The number of aromatic nitrogens is 1. The molecule has 0 radical (unpaired) electrons. The molecule has 0 aliphatic heterocycles. The lowest BCUT2D eigenvalue weighted by Gasteiger charge is -2.23. The van der Waals surface area contributed by atoms with E-state index in [-0.39, 0.29) is 18.5 Å². The number of hydrogen-bond donors (Lipinski definition) is 1. The van der Waals surface area contributed by atoms with Gasteiger partial charge in [-0.15, -0.1) is 11.3 Å². The minimum absolute atomic E-state index is 0.147. The molecule has 0 saturated heterocycles. The van der Waals surface area contributed by atoms with Crippen molar-refractivity contribution in [2.24, 2.45) is 0 Å². The van der Waals surface area contributed by atoms with Gasteiger partial charge in [-0.3, -0.25) is 4.79 Å². The number of ether oxygens (including phenoxy) is 1. The fourth-order valence-electron chi connectivity index (χ4n) is 4.00. The highest BCUT2D eigenvalue weighted by Crippen LogP contribution is 2.25. The van der Waals surface area contributed by atoms with Crippen molar-refractivity contribution in [1.82, 2.24) is 14.8 Å². The molecule has 40 heavy (non-hydrogen) atoms. The monoisotopic (exact) mass is 596 g/mol. The Balaban J connectivity index is 1.47. The number of urea groups is 1. The molecule has 3 amide bonds. The van der Waals surface area contributed by atoms with Gasteiger partial charge in [-0.25, -0.2) is 9.78 Å². The average Bonchev–Trinajstić information content (AvgIpc) is 3.44. The minimum atomic E-state index is -0.341. The van der Waals surface area contributed by atoms with Gasteiger partial charge in [0.25, 0.3) is 5.91 Å². The van der Waals surface area contributed by atoms with Crippen LogP contribution in [0.1, 0.15) is 26.6 Å². The number of rotatable bonds is 12. The number of thiazole rings is 1.